The number of halogens is 1. The molecule has 1 N–H and O–H groups in total. The van der Waals surface area contributed by atoms with Gasteiger partial charge in [0.25, 0.3) is 0 Å². The predicted octanol–water partition coefficient (Wildman–Crippen LogP) is 2.72. The third kappa shape index (κ3) is 2.48. The summed E-state index contributed by atoms with van der Waals surface area (Å²) in [5, 5.41) is 3.24. The molecular formula is C11H13ClN2O. The maximum absolute atomic E-state index is 11.7. The molecule has 1 aromatic heterocycles. The molecule has 0 aliphatic heterocycles. The first-order valence-electron chi connectivity index (χ1n) is 5.07. The van der Waals surface area contributed by atoms with Gasteiger partial charge < -0.3 is 5.32 Å². The molecule has 80 valence electrons. The molecule has 4 heteroatoms. The predicted molar refractivity (Wildman–Crippen MR) is 59.8 cm³/mol. The Bertz CT molecular complexity index is 375. The van der Waals surface area contributed by atoms with Crippen LogP contribution in [0, 0.1) is 11.8 Å². The van der Waals surface area contributed by atoms with Crippen LogP contribution in [0.1, 0.15) is 19.8 Å². The van der Waals surface area contributed by atoms with E-state index in [-0.39, 0.29) is 11.8 Å². The number of carbonyl (C=O) groups excluding carboxylic acids is 1. The van der Waals surface area contributed by atoms with Crippen molar-refractivity contribution in [3.05, 3.63) is 23.5 Å². The molecule has 0 aromatic carbocycles. The lowest BCUT2D eigenvalue weighted by atomic mass is 9.75. The standard InChI is InChI=1S/C11H13ClN2O/c1-7-4-8(5-7)11(15)14-9-2-3-13-10(12)6-9/h2-3,6-8H,4-5H2,1H3,(H,13,14,15). The number of rotatable bonds is 2. The lowest BCUT2D eigenvalue weighted by molar-refractivity contribution is -0.123. The first kappa shape index (κ1) is 10.4. The van der Waals surface area contributed by atoms with Crippen molar-refractivity contribution in [2.24, 2.45) is 11.8 Å². The summed E-state index contributed by atoms with van der Waals surface area (Å²) in [5.41, 5.74) is 0.722. The fourth-order valence-corrected chi connectivity index (χ4v) is 2.01. The van der Waals surface area contributed by atoms with Gasteiger partial charge in [0.2, 0.25) is 5.91 Å². The molecule has 0 bridgehead atoms. The third-order valence-electron chi connectivity index (χ3n) is 2.74. The lowest BCUT2D eigenvalue weighted by Gasteiger charge is -2.31. The van der Waals surface area contributed by atoms with Crippen LogP contribution in [0.3, 0.4) is 0 Å². The van der Waals surface area contributed by atoms with Gasteiger partial charge in [-0.05, 0) is 30.9 Å². The number of aromatic nitrogens is 1. The van der Waals surface area contributed by atoms with Crippen LogP contribution in [0.4, 0.5) is 5.69 Å². The maximum Gasteiger partial charge on any atom is 0.227 e. The van der Waals surface area contributed by atoms with Gasteiger partial charge in [-0.3, -0.25) is 4.79 Å². The molecule has 1 aliphatic rings. The van der Waals surface area contributed by atoms with Crippen LogP contribution in [0.25, 0.3) is 0 Å². The number of carbonyl (C=O) groups is 1. The van der Waals surface area contributed by atoms with E-state index in [2.05, 4.69) is 17.2 Å². The van der Waals surface area contributed by atoms with Crippen LogP contribution in [0.15, 0.2) is 18.3 Å². The molecule has 1 amide bonds. The second kappa shape index (κ2) is 4.19. The highest BCUT2D eigenvalue weighted by molar-refractivity contribution is 6.29. The van der Waals surface area contributed by atoms with Crippen LogP contribution in [-0.2, 0) is 4.79 Å². The van der Waals surface area contributed by atoms with Crippen LogP contribution in [0.5, 0.6) is 0 Å². The van der Waals surface area contributed by atoms with Gasteiger partial charge in [-0.2, -0.15) is 0 Å². The van der Waals surface area contributed by atoms with Crippen molar-refractivity contribution in [3.8, 4) is 0 Å². The van der Waals surface area contributed by atoms with Crippen molar-refractivity contribution in [3.63, 3.8) is 0 Å². The summed E-state index contributed by atoms with van der Waals surface area (Å²) >= 11 is 5.72. The topological polar surface area (TPSA) is 42.0 Å². The second-order valence-electron chi connectivity index (χ2n) is 4.13. The summed E-state index contributed by atoms with van der Waals surface area (Å²) in [5.74, 6) is 0.948. The quantitative estimate of drug-likeness (QED) is 0.785. The Balaban J connectivity index is 1.94. The molecule has 1 aromatic rings. The van der Waals surface area contributed by atoms with Crippen molar-refractivity contribution >= 4 is 23.2 Å². The summed E-state index contributed by atoms with van der Waals surface area (Å²) in [6.45, 7) is 2.16. The van der Waals surface area contributed by atoms with Gasteiger partial charge in [0, 0.05) is 17.8 Å². The zero-order chi connectivity index (χ0) is 10.8. The first-order valence-corrected chi connectivity index (χ1v) is 5.45. The highest BCUT2D eigenvalue weighted by Crippen LogP contribution is 2.33. The normalized spacial score (nSPS) is 24.4. The van der Waals surface area contributed by atoms with Crippen molar-refractivity contribution in [1.82, 2.24) is 4.98 Å². The molecule has 1 fully saturated rings. The van der Waals surface area contributed by atoms with E-state index in [9.17, 15) is 4.79 Å². The Morgan fingerprint density at radius 2 is 2.33 bits per heavy atom. The zero-order valence-electron chi connectivity index (χ0n) is 8.53. The van der Waals surface area contributed by atoms with Crippen LogP contribution in [0.2, 0.25) is 5.15 Å². The minimum atomic E-state index is 0.0929. The van der Waals surface area contributed by atoms with Crippen LogP contribution < -0.4 is 5.32 Å². The average Bonchev–Trinajstić information content (AvgIpc) is 2.13. The highest BCUT2D eigenvalue weighted by Gasteiger charge is 2.31. The number of hydrogen-bond acceptors (Lipinski definition) is 2. The molecular weight excluding hydrogens is 212 g/mol. The summed E-state index contributed by atoms with van der Waals surface area (Å²) in [7, 11) is 0. The Labute approximate surface area is 93.8 Å². The zero-order valence-corrected chi connectivity index (χ0v) is 9.29. The molecule has 2 rings (SSSR count). The fraction of sp³-hybridized carbons (Fsp3) is 0.455. The van der Waals surface area contributed by atoms with E-state index < -0.39 is 0 Å². The molecule has 0 atom stereocenters. The number of amides is 1. The van der Waals surface area contributed by atoms with E-state index in [1.807, 2.05) is 0 Å². The molecule has 0 unspecified atom stereocenters. The minimum Gasteiger partial charge on any atom is -0.326 e. The molecule has 1 heterocycles. The number of nitrogens with one attached hydrogen (secondary N) is 1. The van der Waals surface area contributed by atoms with Gasteiger partial charge in [-0.1, -0.05) is 18.5 Å². The Hall–Kier alpha value is -1.09. The average molecular weight is 225 g/mol. The Morgan fingerprint density at radius 1 is 1.60 bits per heavy atom. The van der Waals surface area contributed by atoms with Gasteiger partial charge in [0.1, 0.15) is 5.15 Å². The largest absolute Gasteiger partial charge is 0.326 e. The van der Waals surface area contributed by atoms with Crippen LogP contribution >= 0.6 is 11.6 Å². The van der Waals surface area contributed by atoms with Gasteiger partial charge in [-0.15, -0.1) is 0 Å². The Morgan fingerprint density at radius 3 is 2.93 bits per heavy atom. The van der Waals surface area contributed by atoms with Crippen molar-refractivity contribution < 1.29 is 4.79 Å². The maximum atomic E-state index is 11.7. The summed E-state index contributed by atoms with van der Waals surface area (Å²) in [6.07, 6.45) is 3.57. The third-order valence-corrected chi connectivity index (χ3v) is 2.95. The van der Waals surface area contributed by atoms with E-state index in [0.717, 1.165) is 18.5 Å². The smallest absolute Gasteiger partial charge is 0.227 e. The molecule has 0 saturated heterocycles. The van der Waals surface area contributed by atoms with E-state index in [1.165, 1.54) is 0 Å². The molecule has 0 radical (unpaired) electrons. The molecule has 1 saturated carbocycles. The molecule has 3 nitrogen and oxygen atoms in total. The van der Waals surface area contributed by atoms with Crippen LogP contribution in [-0.4, -0.2) is 10.9 Å². The molecule has 15 heavy (non-hydrogen) atoms. The van der Waals surface area contributed by atoms with E-state index in [0.29, 0.717) is 11.1 Å². The van der Waals surface area contributed by atoms with Crippen molar-refractivity contribution in [1.29, 1.82) is 0 Å². The highest BCUT2D eigenvalue weighted by atomic mass is 35.5. The van der Waals surface area contributed by atoms with Crippen molar-refractivity contribution in [2.45, 2.75) is 19.8 Å². The second-order valence-corrected chi connectivity index (χ2v) is 4.52. The monoisotopic (exact) mass is 224 g/mol. The number of anilines is 1. The van der Waals surface area contributed by atoms with Crippen molar-refractivity contribution in [2.75, 3.05) is 5.32 Å². The van der Waals surface area contributed by atoms with Gasteiger partial charge in [-0.25, -0.2) is 4.98 Å². The summed E-state index contributed by atoms with van der Waals surface area (Å²) in [6, 6.07) is 3.40. The van der Waals surface area contributed by atoms with E-state index >= 15 is 0 Å². The summed E-state index contributed by atoms with van der Waals surface area (Å²) < 4.78 is 0. The SMILES string of the molecule is CC1CC(C(=O)Nc2ccnc(Cl)c2)C1. The van der Waals surface area contributed by atoms with E-state index in [4.69, 9.17) is 11.6 Å². The number of nitrogens with zero attached hydrogens (tertiary/aromatic N) is 1. The van der Waals surface area contributed by atoms with Gasteiger partial charge in [0.05, 0.1) is 0 Å². The minimum absolute atomic E-state index is 0.0929. The number of hydrogen-bond donors (Lipinski definition) is 1. The van der Waals surface area contributed by atoms with E-state index in [1.54, 1.807) is 18.3 Å². The molecule has 0 spiro atoms. The van der Waals surface area contributed by atoms with Gasteiger partial charge in [0.15, 0.2) is 0 Å². The molecule has 1 aliphatic carbocycles. The summed E-state index contributed by atoms with van der Waals surface area (Å²) in [4.78, 5) is 15.5. The lowest BCUT2D eigenvalue weighted by Crippen LogP contribution is -2.33. The number of pyridine rings is 1. The Kier molecular flexibility index (Phi) is 2.91. The van der Waals surface area contributed by atoms with Gasteiger partial charge >= 0.3 is 0 Å². The first-order chi connectivity index (χ1) is 7.15. The fourth-order valence-electron chi connectivity index (χ4n) is 1.84.